The fourth-order valence-electron chi connectivity index (χ4n) is 2.81. The van der Waals surface area contributed by atoms with Gasteiger partial charge < -0.3 is 25.0 Å². The summed E-state index contributed by atoms with van der Waals surface area (Å²) in [5.74, 6) is 2.68. The molecule has 0 saturated carbocycles. The third-order valence-electron chi connectivity index (χ3n) is 4.14. The van der Waals surface area contributed by atoms with Gasteiger partial charge in [-0.15, -0.1) is 0 Å². The first-order chi connectivity index (χ1) is 12.7. The van der Waals surface area contributed by atoms with E-state index in [0.29, 0.717) is 23.0 Å². The second-order valence-corrected chi connectivity index (χ2v) is 5.93. The fourth-order valence-corrected chi connectivity index (χ4v) is 2.81. The van der Waals surface area contributed by atoms with Crippen molar-refractivity contribution in [2.24, 2.45) is 0 Å². The highest BCUT2D eigenvalue weighted by atomic mass is 16.5. The molecule has 1 fully saturated rings. The Balaban J connectivity index is 1.58. The van der Waals surface area contributed by atoms with Crippen LogP contribution < -0.4 is 25.0 Å². The summed E-state index contributed by atoms with van der Waals surface area (Å²) in [7, 11) is 3.12. The van der Waals surface area contributed by atoms with Crippen LogP contribution in [-0.4, -0.2) is 43.3 Å². The van der Waals surface area contributed by atoms with Crippen LogP contribution in [0.25, 0.3) is 0 Å². The van der Waals surface area contributed by atoms with Crippen LogP contribution in [0.1, 0.15) is 18.7 Å². The van der Waals surface area contributed by atoms with E-state index in [1.807, 2.05) is 6.07 Å². The minimum Gasteiger partial charge on any atom is -0.497 e. The Morgan fingerprint density at radius 1 is 1.15 bits per heavy atom. The lowest BCUT2D eigenvalue weighted by Crippen LogP contribution is -2.29. The van der Waals surface area contributed by atoms with Gasteiger partial charge in [-0.05, 0) is 18.9 Å². The molecule has 1 aromatic heterocycles. The van der Waals surface area contributed by atoms with Crippen LogP contribution in [0.3, 0.4) is 0 Å². The van der Waals surface area contributed by atoms with E-state index >= 15 is 0 Å². The lowest BCUT2D eigenvalue weighted by atomic mass is 10.3. The molecular weight excluding hydrogens is 334 g/mol. The Morgan fingerprint density at radius 3 is 2.50 bits per heavy atom. The quantitative estimate of drug-likeness (QED) is 0.825. The van der Waals surface area contributed by atoms with Gasteiger partial charge in [-0.1, -0.05) is 0 Å². The predicted molar refractivity (Wildman–Crippen MR) is 98.9 cm³/mol. The highest BCUT2D eigenvalue weighted by molar-refractivity contribution is 5.89. The SMILES string of the molecule is COc1cc(NC(=O)NCc2nccc(N3CCCC3)n2)cc(OC)c1. The third-order valence-corrected chi connectivity index (χ3v) is 4.14. The van der Waals surface area contributed by atoms with Gasteiger partial charge >= 0.3 is 6.03 Å². The van der Waals surface area contributed by atoms with Gasteiger partial charge in [0.05, 0.1) is 20.8 Å². The standard InChI is InChI=1S/C18H23N5O3/c1-25-14-9-13(10-15(11-14)26-2)21-18(24)20-12-16-19-6-5-17(22-16)23-7-3-4-8-23/h5-6,9-11H,3-4,7-8,12H2,1-2H3,(H2,20,21,24). The molecule has 2 heterocycles. The van der Waals surface area contributed by atoms with Gasteiger partial charge in [-0.25, -0.2) is 14.8 Å². The van der Waals surface area contributed by atoms with Crippen LogP contribution >= 0.6 is 0 Å². The Bertz CT molecular complexity index is 740. The summed E-state index contributed by atoms with van der Waals surface area (Å²) >= 11 is 0. The maximum Gasteiger partial charge on any atom is 0.319 e. The van der Waals surface area contributed by atoms with E-state index in [1.165, 1.54) is 12.8 Å². The first-order valence-corrected chi connectivity index (χ1v) is 8.53. The number of nitrogens with zero attached hydrogens (tertiary/aromatic N) is 3. The van der Waals surface area contributed by atoms with E-state index in [-0.39, 0.29) is 12.6 Å². The lowest BCUT2D eigenvalue weighted by molar-refractivity contribution is 0.251. The molecule has 8 heteroatoms. The molecule has 0 atom stereocenters. The van der Waals surface area contributed by atoms with Crippen molar-refractivity contribution >= 4 is 17.5 Å². The molecule has 3 rings (SSSR count). The maximum absolute atomic E-state index is 12.2. The van der Waals surface area contributed by atoms with Gasteiger partial charge in [0.1, 0.15) is 23.1 Å². The van der Waals surface area contributed by atoms with Crippen LogP contribution in [-0.2, 0) is 6.54 Å². The van der Waals surface area contributed by atoms with Crippen molar-refractivity contribution in [3.05, 3.63) is 36.3 Å². The Morgan fingerprint density at radius 2 is 1.85 bits per heavy atom. The number of ether oxygens (including phenoxy) is 2. The molecule has 1 aliphatic heterocycles. The number of methoxy groups -OCH3 is 2. The number of hydrogen-bond acceptors (Lipinski definition) is 6. The normalized spacial score (nSPS) is 13.4. The van der Waals surface area contributed by atoms with Gasteiger partial charge in [0.15, 0.2) is 0 Å². The number of benzene rings is 1. The number of anilines is 2. The highest BCUT2D eigenvalue weighted by Crippen LogP contribution is 2.25. The van der Waals surface area contributed by atoms with Crippen molar-refractivity contribution < 1.29 is 14.3 Å². The Kier molecular flexibility index (Phi) is 5.73. The van der Waals surface area contributed by atoms with E-state index in [1.54, 1.807) is 38.6 Å². The molecule has 1 aliphatic rings. The van der Waals surface area contributed by atoms with Crippen molar-refractivity contribution in [1.29, 1.82) is 0 Å². The first-order valence-electron chi connectivity index (χ1n) is 8.53. The van der Waals surface area contributed by atoms with Crippen LogP contribution in [0.4, 0.5) is 16.3 Å². The number of urea groups is 1. The minimum atomic E-state index is -0.351. The largest absolute Gasteiger partial charge is 0.497 e. The number of aromatic nitrogens is 2. The molecule has 8 nitrogen and oxygen atoms in total. The summed E-state index contributed by atoms with van der Waals surface area (Å²) in [6, 6.07) is 6.72. The topological polar surface area (TPSA) is 88.6 Å². The van der Waals surface area contributed by atoms with Crippen molar-refractivity contribution in [1.82, 2.24) is 15.3 Å². The third kappa shape index (κ3) is 4.53. The summed E-state index contributed by atoms with van der Waals surface area (Å²) in [6.45, 7) is 2.28. The number of nitrogens with one attached hydrogen (secondary N) is 2. The van der Waals surface area contributed by atoms with E-state index in [4.69, 9.17) is 9.47 Å². The molecule has 2 aromatic rings. The van der Waals surface area contributed by atoms with Crippen molar-refractivity contribution in [3.8, 4) is 11.5 Å². The van der Waals surface area contributed by atoms with Crippen molar-refractivity contribution in [2.45, 2.75) is 19.4 Å². The zero-order valence-corrected chi connectivity index (χ0v) is 15.0. The molecule has 2 N–H and O–H groups in total. The van der Waals surface area contributed by atoms with Crippen LogP contribution in [0.2, 0.25) is 0 Å². The summed E-state index contributed by atoms with van der Waals surface area (Å²) in [6.07, 6.45) is 4.09. The van der Waals surface area contributed by atoms with Gasteiger partial charge in [-0.2, -0.15) is 0 Å². The average molecular weight is 357 g/mol. The number of rotatable bonds is 6. The second kappa shape index (κ2) is 8.37. The van der Waals surface area contributed by atoms with Gasteiger partial charge in [0.2, 0.25) is 0 Å². The fraction of sp³-hybridized carbons (Fsp3) is 0.389. The lowest BCUT2D eigenvalue weighted by Gasteiger charge is -2.16. The van der Waals surface area contributed by atoms with Crippen LogP contribution in [0, 0.1) is 0 Å². The van der Waals surface area contributed by atoms with Crippen molar-refractivity contribution in [2.75, 3.05) is 37.5 Å². The average Bonchev–Trinajstić information content (AvgIpc) is 3.21. The van der Waals surface area contributed by atoms with Gasteiger partial charge in [0.25, 0.3) is 0 Å². The van der Waals surface area contributed by atoms with E-state index < -0.39 is 0 Å². The molecule has 0 radical (unpaired) electrons. The summed E-state index contributed by atoms with van der Waals surface area (Å²) < 4.78 is 10.4. The molecule has 0 spiro atoms. The molecule has 1 aromatic carbocycles. The summed E-state index contributed by atoms with van der Waals surface area (Å²) in [4.78, 5) is 23.1. The maximum atomic E-state index is 12.2. The van der Waals surface area contributed by atoms with Crippen molar-refractivity contribution in [3.63, 3.8) is 0 Å². The molecule has 138 valence electrons. The van der Waals surface area contributed by atoms with E-state index in [0.717, 1.165) is 18.9 Å². The van der Waals surface area contributed by atoms with Gasteiger partial charge in [-0.3, -0.25) is 0 Å². The number of hydrogen-bond donors (Lipinski definition) is 2. The monoisotopic (exact) mass is 357 g/mol. The smallest absolute Gasteiger partial charge is 0.319 e. The minimum absolute atomic E-state index is 0.245. The number of carbonyl (C=O) groups is 1. The number of amides is 2. The first kappa shape index (κ1) is 17.8. The molecule has 26 heavy (non-hydrogen) atoms. The number of carbonyl (C=O) groups excluding carboxylic acids is 1. The molecular formula is C18H23N5O3. The predicted octanol–water partition coefficient (Wildman–Crippen LogP) is 2.42. The summed E-state index contributed by atoms with van der Waals surface area (Å²) in [5.41, 5.74) is 0.574. The zero-order chi connectivity index (χ0) is 18.4. The Labute approximate surface area is 152 Å². The Hall–Kier alpha value is -3.03. The molecule has 0 bridgehead atoms. The van der Waals surface area contributed by atoms with Crippen LogP contribution in [0.5, 0.6) is 11.5 Å². The molecule has 1 saturated heterocycles. The van der Waals surface area contributed by atoms with E-state index in [9.17, 15) is 4.79 Å². The van der Waals surface area contributed by atoms with Crippen LogP contribution in [0.15, 0.2) is 30.5 Å². The van der Waals surface area contributed by atoms with Gasteiger partial charge in [0, 0.05) is 43.2 Å². The zero-order valence-electron chi connectivity index (χ0n) is 15.0. The summed E-state index contributed by atoms with van der Waals surface area (Å²) in [5, 5.41) is 5.52. The van der Waals surface area contributed by atoms with E-state index in [2.05, 4.69) is 25.5 Å². The molecule has 0 aliphatic carbocycles. The molecule has 0 unspecified atom stereocenters. The highest BCUT2D eigenvalue weighted by Gasteiger charge is 2.14. The second-order valence-electron chi connectivity index (χ2n) is 5.93. The molecule has 2 amide bonds.